The third-order valence-corrected chi connectivity index (χ3v) is 8.12. The second kappa shape index (κ2) is 12.4. The van der Waals surface area contributed by atoms with Crippen molar-refractivity contribution in [1.29, 1.82) is 0 Å². The van der Waals surface area contributed by atoms with Crippen molar-refractivity contribution in [2.45, 2.75) is 82.6 Å². The first kappa shape index (κ1) is 32.8. The normalized spacial score (nSPS) is 22.1. The fourth-order valence-corrected chi connectivity index (χ4v) is 5.53. The molecular weight excluding hydrogens is 526 g/mol. The number of nitrogens with zero attached hydrogens (tertiary/aromatic N) is 1. The molecule has 2 rings (SSSR count). The molecule has 15 heteroatoms. The van der Waals surface area contributed by atoms with E-state index in [0.29, 0.717) is 18.7 Å². The van der Waals surface area contributed by atoms with E-state index in [4.69, 9.17) is 28.0 Å². The molecule has 1 aromatic heterocycles. The molecule has 0 saturated carbocycles. The van der Waals surface area contributed by atoms with Crippen LogP contribution in [0.25, 0.3) is 0 Å². The first-order valence-corrected chi connectivity index (χ1v) is 12.9. The second-order valence-corrected chi connectivity index (χ2v) is 10.7. The summed E-state index contributed by atoms with van der Waals surface area (Å²) in [7, 11) is 0. The molecule has 1 fully saturated rings. The topological polar surface area (TPSA) is 288 Å². The number of carbonyl (C=O) groups excluding carboxylic acids is 4. The van der Waals surface area contributed by atoms with Crippen molar-refractivity contribution in [3.05, 3.63) is 18.2 Å². The summed E-state index contributed by atoms with van der Waals surface area (Å²) in [4.78, 5) is 86.9. The van der Waals surface area contributed by atoms with Gasteiger partial charge in [0.1, 0.15) is 5.41 Å². The SMILES string of the molecule is CC(N)C(=O)C(C)(C(C)(C(=O)C(N)CCC(=O)O)C(=O)C(N)Cc1cnc[nH]1)C(N)(C(=O)O)C(=O)C1CCCN1. The fraction of sp³-hybridized carbons (Fsp3) is 0.640. The Hall–Kier alpha value is -3.37. The Kier molecular flexibility index (Phi) is 10.2. The summed E-state index contributed by atoms with van der Waals surface area (Å²) < 4.78 is 0. The lowest BCUT2D eigenvalue weighted by molar-refractivity contribution is -0.175. The highest BCUT2D eigenvalue weighted by Crippen LogP contribution is 2.51. The number of hydrogen-bond acceptors (Lipinski definition) is 12. The maximum atomic E-state index is 14.2. The molecule has 1 aromatic rings. The Morgan fingerprint density at radius 2 is 1.65 bits per heavy atom. The Balaban J connectivity index is 2.89. The quantitative estimate of drug-likeness (QED) is 0.0973. The van der Waals surface area contributed by atoms with Crippen molar-refractivity contribution in [3.63, 3.8) is 0 Å². The maximum Gasteiger partial charge on any atom is 0.332 e. The number of Topliss-reactive ketones (excluding diaryl/α,β-unsaturated/α-hetero) is 4. The Morgan fingerprint density at radius 1 is 1.05 bits per heavy atom. The highest BCUT2D eigenvalue weighted by molar-refractivity contribution is 6.22. The van der Waals surface area contributed by atoms with E-state index < -0.39 is 88.4 Å². The average Bonchev–Trinajstić information content (AvgIpc) is 3.62. The number of rotatable bonds is 16. The Labute approximate surface area is 230 Å². The van der Waals surface area contributed by atoms with Gasteiger partial charge in [-0.2, -0.15) is 0 Å². The highest BCUT2D eigenvalue weighted by atomic mass is 16.4. The van der Waals surface area contributed by atoms with E-state index in [1.54, 1.807) is 0 Å². The number of carbonyl (C=O) groups is 6. The zero-order valence-electron chi connectivity index (χ0n) is 22.8. The van der Waals surface area contributed by atoms with Gasteiger partial charge in [-0.25, -0.2) is 9.78 Å². The van der Waals surface area contributed by atoms with E-state index in [1.165, 1.54) is 19.4 Å². The van der Waals surface area contributed by atoms with Crippen LogP contribution in [0, 0.1) is 10.8 Å². The van der Waals surface area contributed by atoms with Crippen LogP contribution in [0.3, 0.4) is 0 Å². The third kappa shape index (κ3) is 5.60. The third-order valence-electron chi connectivity index (χ3n) is 8.12. The van der Waals surface area contributed by atoms with Gasteiger partial charge in [0, 0.05) is 24.7 Å². The predicted molar refractivity (Wildman–Crippen MR) is 141 cm³/mol. The largest absolute Gasteiger partial charge is 0.481 e. The van der Waals surface area contributed by atoms with Gasteiger partial charge in [-0.1, -0.05) is 0 Å². The smallest absolute Gasteiger partial charge is 0.332 e. The number of carboxylic acid groups (broad SMARTS) is 2. The molecule has 1 saturated heterocycles. The molecule has 0 radical (unpaired) electrons. The van der Waals surface area contributed by atoms with E-state index in [9.17, 15) is 33.9 Å². The van der Waals surface area contributed by atoms with Crippen molar-refractivity contribution < 1.29 is 39.0 Å². The number of hydrogen-bond donors (Lipinski definition) is 8. The van der Waals surface area contributed by atoms with Crippen LogP contribution in [0.1, 0.15) is 52.1 Å². The Morgan fingerprint density at radius 3 is 2.10 bits per heavy atom. The van der Waals surface area contributed by atoms with Crippen molar-refractivity contribution in [2.75, 3.05) is 6.54 Å². The molecule has 7 atom stereocenters. The van der Waals surface area contributed by atoms with E-state index in [-0.39, 0.29) is 12.8 Å². The fourth-order valence-electron chi connectivity index (χ4n) is 5.53. The summed E-state index contributed by atoms with van der Waals surface area (Å²) in [5.74, 6) is -7.86. The monoisotopic (exact) mass is 565 g/mol. The molecule has 0 bridgehead atoms. The zero-order chi connectivity index (χ0) is 30.6. The molecule has 1 aliphatic heterocycles. The Bertz CT molecular complexity index is 1150. The molecule has 0 aromatic carbocycles. The molecule has 12 N–H and O–H groups in total. The number of aromatic amines is 1. The molecule has 222 valence electrons. The van der Waals surface area contributed by atoms with Crippen molar-refractivity contribution >= 4 is 35.1 Å². The molecule has 0 aliphatic carbocycles. The molecule has 7 unspecified atom stereocenters. The first-order chi connectivity index (χ1) is 18.5. The molecular formula is C25H39N7O8. The summed E-state index contributed by atoms with van der Waals surface area (Å²) in [5.41, 5.74) is 16.3. The van der Waals surface area contributed by atoms with Crippen LogP contribution in [0.15, 0.2) is 12.5 Å². The highest BCUT2D eigenvalue weighted by Gasteiger charge is 2.73. The van der Waals surface area contributed by atoms with Crippen LogP contribution in [-0.2, 0) is 35.2 Å². The number of imidazole rings is 1. The van der Waals surface area contributed by atoms with Crippen LogP contribution >= 0.6 is 0 Å². The van der Waals surface area contributed by atoms with Gasteiger partial charge >= 0.3 is 11.9 Å². The molecule has 1 aliphatic rings. The number of H-pyrrole nitrogens is 1. The van der Waals surface area contributed by atoms with Gasteiger partial charge in [0.25, 0.3) is 0 Å². The number of aliphatic carboxylic acids is 2. The van der Waals surface area contributed by atoms with E-state index in [2.05, 4.69) is 15.3 Å². The molecule has 2 heterocycles. The first-order valence-electron chi connectivity index (χ1n) is 12.9. The van der Waals surface area contributed by atoms with Gasteiger partial charge in [0.2, 0.25) is 0 Å². The summed E-state index contributed by atoms with van der Waals surface area (Å²) in [5, 5.41) is 22.4. The lowest BCUT2D eigenvalue weighted by Gasteiger charge is -2.52. The second-order valence-electron chi connectivity index (χ2n) is 10.7. The van der Waals surface area contributed by atoms with Gasteiger partial charge in [-0.15, -0.1) is 0 Å². The average molecular weight is 566 g/mol. The van der Waals surface area contributed by atoms with Gasteiger partial charge < -0.3 is 43.4 Å². The van der Waals surface area contributed by atoms with Crippen molar-refractivity contribution in [1.82, 2.24) is 15.3 Å². The number of aromatic nitrogens is 2. The molecule has 0 spiro atoms. The van der Waals surface area contributed by atoms with E-state index >= 15 is 0 Å². The molecule has 40 heavy (non-hydrogen) atoms. The standard InChI is InChI=1S/C25H39N7O8/c1-12(26)18(35)24(3,25(29,22(39)40)21(38)16-5-4-8-31-16)23(2,19(36)14(27)6-7-17(33)34)20(37)15(28)9-13-10-30-11-32-13/h10-12,14-16,31H,4-9,26-29H2,1-3H3,(H,30,32)(H,33,34)(H,39,40). The van der Waals surface area contributed by atoms with Crippen molar-refractivity contribution in [2.24, 2.45) is 33.8 Å². The predicted octanol–water partition coefficient (Wildman–Crippen LogP) is -2.36. The summed E-state index contributed by atoms with van der Waals surface area (Å²) >= 11 is 0. The number of nitrogens with two attached hydrogens (primary N) is 4. The maximum absolute atomic E-state index is 14.2. The van der Waals surface area contributed by atoms with Gasteiger partial charge in [-0.05, 0) is 46.6 Å². The summed E-state index contributed by atoms with van der Waals surface area (Å²) in [6.45, 7) is 3.49. The van der Waals surface area contributed by atoms with E-state index in [1.807, 2.05) is 0 Å². The minimum Gasteiger partial charge on any atom is -0.481 e. The summed E-state index contributed by atoms with van der Waals surface area (Å²) in [6.07, 6.45) is 2.15. The van der Waals surface area contributed by atoms with Crippen LogP contribution < -0.4 is 28.3 Å². The van der Waals surface area contributed by atoms with Gasteiger partial charge in [0.15, 0.2) is 28.7 Å². The van der Waals surface area contributed by atoms with Crippen LogP contribution in [0.2, 0.25) is 0 Å². The van der Waals surface area contributed by atoms with Crippen LogP contribution in [0.5, 0.6) is 0 Å². The van der Waals surface area contributed by atoms with Crippen LogP contribution in [0.4, 0.5) is 0 Å². The molecule has 0 amide bonds. The van der Waals surface area contributed by atoms with Gasteiger partial charge in [0.05, 0.1) is 35.9 Å². The minimum atomic E-state index is -3.15. The number of ketones is 4. The van der Waals surface area contributed by atoms with Crippen molar-refractivity contribution in [3.8, 4) is 0 Å². The number of carboxylic acids is 2. The lowest BCUT2D eigenvalue weighted by atomic mass is 9.47. The number of nitrogens with one attached hydrogen (secondary N) is 2. The summed E-state index contributed by atoms with van der Waals surface area (Å²) in [6, 6.07) is -5.77. The van der Waals surface area contributed by atoms with E-state index in [0.717, 1.165) is 13.8 Å². The van der Waals surface area contributed by atoms with Gasteiger partial charge in [-0.3, -0.25) is 24.0 Å². The minimum absolute atomic E-state index is 0.198. The van der Waals surface area contributed by atoms with Crippen LogP contribution in [-0.4, -0.2) is 91.5 Å². The lowest BCUT2D eigenvalue weighted by Crippen LogP contribution is -2.79. The zero-order valence-corrected chi connectivity index (χ0v) is 22.8. The molecule has 15 nitrogen and oxygen atoms in total.